The summed E-state index contributed by atoms with van der Waals surface area (Å²) in [5.41, 5.74) is 1.55. The van der Waals surface area contributed by atoms with Gasteiger partial charge in [-0.2, -0.15) is 5.10 Å². The molecule has 0 atom stereocenters. The highest BCUT2D eigenvalue weighted by Crippen LogP contribution is 2.24. The van der Waals surface area contributed by atoms with Crippen molar-refractivity contribution in [1.29, 1.82) is 0 Å². The van der Waals surface area contributed by atoms with Crippen LogP contribution in [0.1, 0.15) is 35.9 Å². The van der Waals surface area contributed by atoms with Crippen LogP contribution in [0.3, 0.4) is 0 Å². The molecule has 1 amide bonds. The summed E-state index contributed by atoms with van der Waals surface area (Å²) in [4.78, 5) is 16.6. The van der Waals surface area contributed by atoms with Gasteiger partial charge in [0.1, 0.15) is 11.6 Å². The molecule has 0 spiro atoms. The van der Waals surface area contributed by atoms with E-state index in [-0.39, 0.29) is 11.5 Å². The Morgan fingerprint density at radius 1 is 1.32 bits per heavy atom. The molecule has 1 aromatic carbocycles. The molecule has 25 heavy (non-hydrogen) atoms. The number of carbonyl (C=O) groups excluding carboxylic acids is 1. The number of amides is 1. The van der Waals surface area contributed by atoms with Crippen LogP contribution in [0.15, 0.2) is 41.1 Å². The van der Waals surface area contributed by atoms with Gasteiger partial charge in [-0.1, -0.05) is 13.3 Å². The Morgan fingerprint density at radius 3 is 2.80 bits per heavy atom. The molecule has 1 N–H and O–H groups in total. The molecule has 0 unspecified atom stereocenters. The molecule has 0 saturated heterocycles. The lowest BCUT2D eigenvalue weighted by Crippen LogP contribution is -2.17. The minimum atomic E-state index is -0.397. The lowest BCUT2D eigenvalue weighted by Gasteiger charge is -2.08. The SMILES string of the molecule is CCCCn1nc(C)cc1NC(=O)c1ncoc1-c1ccc(F)cc1. The van der Waals surface area contributed by atoms with E-state index in [1.807, 2.05) is 13.0 Å². The molecule has 0 aliphatic rings. The molecule has 6 nitrogen and oxygen atoms in total. The van der Waals surface area contributed by atoms with Crippen LogP contribution in [0.5, 0.6) is 0 Å². The highest BCUT2D eigenvalue weighted by Gasteiger charge is 2.20. The third-order valence-corrected chi connectivity index (χ3v) is 3.76. The van der Waals surface area contributed by atoms with E-state index in [1.54, 1.807) is 16.8 Å². The Balaban J connectivity index is 1.83. The molecular formula is C18H19FN4O2. The summed E-state index contributed by atoms with van der Waals surface area (Å²) in [6.45, 7) is 4.70. The van der Waals surface area contributed by atoms with Gasteiger partial charge in [0.25, 0.3) is 5.91 Å². The molecule has 0 bridgehead atoms. The van der Waals surface area contributed by atoms with Crippen molar-refractivity contribution in [1.82, 2.24) is 14.8 Å². The average Bonchev–Trinajstić information content (AvgIpc) is 3.20. The second kappa shape index (κ2) is 7.29. The van der Waals surface area contributed by atoms with E-state index in [0.29, 0.717) is 17.1 Å². The summed E-state index contributed by atoms with van der Waals surface area (Å²) >= 11 is 0. The first-order valence-electron chi connectivity index (χ1n) is 8.13. The quantitative estimate of drug-likeness (QED) is 0.734. The van der Waals surface area contributed by atoms with Crippen LogP contribution < -0.4 is 5.32 Å². The molecule has 0 aliphatic heterocycles. The predicted octanol–water partition coefficient (Wildman–Crippen LogP) is 4.04. The number of nitrogens with one attached hydrogen (secondary N) is 1. The maximum atomic E-state index is 13.1. The standard InChI is InChI=1S/C18H19FN4O2/c1-3-4-9-23-15(10-12(2)22-23)21-18(24)16-17(25-11-20-16)13-5-7-14(19)8-6-13/h5-8,10-11H,3-4,9H2,1-2H3,(H,21,24). The van der Waals surface area contributed by atoms with Crippen molar-refractivity contribution in [3.05, 3.63) is 53.9 Å². The molecule has 3 rings (SSSR count). The van der Waals surface area contributed by atoms with Crippen molar-refractivity contribution < 1.29 is 13.6 Å². The smallest absolute Gasteiger partial charge is 0.279 e. The van der Waals surface area contributed by atoms with Gasteiger partial charge < -0.3 is 9.73 Å². The number of rotatable bonds is 6. The van der Waals surface area contributed by atoms with Crippen LogP contribution in [0.4, 0.5) is 10.2 Å². The van der Waals surface area contributed by atoms with Crippen LogP contribution in [0, 0.1) is 12.7 Å². The number of aryl methyl sites for hydroxylation is 2. The van der Waals surface area contributed by atoms with Crippen molar-refractivity contribution in [2.24, 2.45) is 0 Å². The maximum absolute atomic E-state index is 13.1. The number of benzene rings is 1. The number of unbranched alkanes of at least 4 members (excludes halogenated alkanes) is 1. The van der Waals surface area contributed by atoms with Gasteiger partial charge in [-0.25, -0.2) is 14.1 Å². The molecular weight excluding hydrogens is 323 g/mol. The molecule has 2 aromatic heterocycles. The van der Waals surface area contributed by atoms with Crippen LogP contribution in [-0.4, -0.2) is 20.7 Å². The van der Waals surface area contributed by atoms with E-state index in [0.717, 1.165) is 25.1 Å². The predicted molar refractivity (Wildman–Crippen MR) is 91.7 cm³/mol. The van der Waals surface area contributed by atoms with E-state index < -0.39 is 5.91 Å². The Bertz CT molecular complexity index is 868. The highest BCUT2D eigenvalue weighted by atomic mass is 19.1. The van der Waals surface area contributed by atoms with Crippen LogP contribution in [0.2, 0.25) is 0 Å². The highest BCUT2D eigenvalue weighted by molar-refractivity contribution is 6.06. The van der Waals surface area contributed by atoms with Crippen molar-refractivity contribution >= 4 is 11.7 Å². The number of aromatic nitrogens is 3. The zero-order chi connectivity index (χ0) is 17.8. The van der Waals surface area contributed by atoms with Gasteiger partial charge in [-0.15, -0.1) is 0 Å². The average molecular weight is 342 g/mol. The maximum Gasteiger partial charge on any atom is 0.279 e. The summed E-state index contributed by atoms with van der Waals surface area (Å²) in [6.07, 6.45) is 3.20. The van der Waals surface area contributed by atoms with Crippen LogP contribution in [-0.2, 0) is 6.54 Å². The lowest BCUT2D eigenvalue weighted by atomic mass is 10.1. The number of nitrogens with zero attached hydrogens (tertiary/aromatic N) is 3. The van der Waals surface area contributed by atoms with Crippen molar-refractivity contribution in [3.8, 4) is 11.3 Å². The van der Waals surface area contributed by atoms with Crippen molar-refractivity contribution in [3.63, 3.8) is 0 Å². The van der Waals surface area contributed by atoms with Gasteiger partial charge in [-0.3, -0.25) is 4.79 Å². The van der Waals surface area contributed by atoms with Gasteiger partial charge in [-0.05, 0) is 37.6 Å². The second-order valence-electron chi connectivity index (χ2n) is 5.74. The number of halogens is 1. The molecule has 2 heterocycles. The van der Waals surface area contributed by atoms with Gasteiger partial charge in [0, 0.05) is 18.2 Å². The topological polar surface area (TPSA) is 73.0 Å². The Kier molecular flexibility index (Phi) is 4.92. The minimum absolute atomic E-state index is 0.146. The lowest BCUT2D eigenvalue weighted by molar-refractivity contribution is 0.102. The molecule has 0 saturated carbocycles. The third kappa shape index (κ3) is 3.76. The Hall–Kier alpha value is -2.96. The Labute approximate surface area is 144 Å². The first kappa shape index (κ1) is 16.9. The van der Waals surface area contributed by atoms with E-state index in [2.05, 4.69) is 22.3 Å². The molecule has 7 heteroatoms. The molecule has 0 fully saturated rings. The first-order valence-corrected chi connectivity index (χ1v) is 8.13. The molecule has 3 aromatic rings. The summed E-state index contributed by atoms with van der Waals surface area (Å²) in [5.74, 6) is 0.160. The number of hydrogen-bond acceptors (Lipinski definition) is 4. The summed E-state index contributed by atoms with van der Waals surface area (Å²) in [7, 11) is 0. The molecule has 0 radical (unpaired) electrons. The van der Waals surface area contributed by atoms with E-state index >= 15 is 0 Å². The zero-order valence-corrected chi connectivity index (χ0v) is 14.1. The minimum Gasteiger partial charge on any atom is -0.443 e. The van der Waals surface area contributed by atoms with Crippen LogP contribution in [0.25, 0.3) is 11.3 Å². The number of anilines is 1. The fourth-order valence-corrected chi connectivity index (χ4v) is 2.51. The van der Waals surface area contributed by atoms with E-state index in [9.17, 15) is 9.18 Å². The van der Waals surface area contributed by atoms with Gasteiger partial charge in [0.05, 0.1) is 5.69 Å². The normalized spacial score (nSPS) is 10.8. The summed E-state index contributed by atoms with van der Waals surface area (Å²) in [6, 6.07) is 7.52. The summed E-state index contributed by atoms with van der Waals surface area (Å²) in [5, 5.41) is 7.22. The number of hydrogen-bond donors (Lipinski definition) is 1. The largest absolute Gasteiger partial charge is 0.443 e. The van der Waals surface area contributed by atoms with Gasteiger partial charge >= 0.3 is 0 Å². The fraction of sp³-hybridized carbons (Fsp3) is 0.278. The summed E-state index contributed by atoms with van der Waals surface area (Å²) < 4.78 is 20.2. The first-order chi connectivity index (χ1) is 12.1. The monoisotopic (exact) mass is 342 g/mol. The number of oxazole rings is 1. The molecule has 0 aliphatic carbocycles. The fourth-order valence-electron chi connectivity index (χ4n) is 2.51. The van der Waals surface area contributed by atoms with Gasteiger partial charge in [0.2, 0.25) is 0 Å². The van der Waals surface area contributed by atoms with E-state index in [1.165, 1.54) is 18.5 Å². The van der Waals surface area contributed by atoms with E-state index in [4.69, 9.17) is 4.42 Å². The number of carbonyl (C=O) groups is 1. The molecule has 130 valence electrons. The second-order valence-corrected chi connectivity index (χ2v) is 5.74. The van der Waals surface area contributed by atoms with Crippen LogP contribution >= 0.6 is 0 Å². The Morgan fingerprint density at radius 2 is 2.08 bits per heavy atom. The third-order valence-electron chi connectivity index (χ3n) is 3.76. The zero-order valence-electron chi connectivity index (χ0n) is 14.1. The van der Waals surface area contributed by atoms with Gasteiger partial charge in [0.15, 0.2) is 17.8 Å². The van der Waals surface area contributed by atoms with Crippen molar-refractivity contribution in [2.75, 3.05) is 5.32 Å². The van der Waals surface area contributed by atoms with Crippen molar-refractivity contribution in [2.45, 2.75) is 33.2 Å².